The molecule has 0 saturated heterocycles. The molecule has 100 valence electrons. The van der Waals surface area contributed by atoms with Crippen LogP contribution in [0.1, 0.15) is 39.5 Å². The van der Waals surface area contributed by atoms with E-state index in [1.165, 1.54) is 7.11 Å². The normalized spacial score (nSPS) is 19.1. The first kappa shape index (κ1) is 14.5. The molecule has 1 rings (SSSR count). The number of nitrogens with one attached hydrogen (secondary N) is 1. The lowest BCUT2D eigenvalue weighted by Gasteiger charge is -2.25. The summed E-state index contributed by atoms with van der Waals surface area (Å²) in [6.07, 6.45) is 2.90. The highest BCUT2D eigenvalue weighted by molar-refractivity contribution is 5.90. The smallest absolute Gasteiger partial charge is 0.328 e. The molecule has 0 heterocycles. The van der Waals surface area contributed by atoms with Crippen LogP contribution in [0.3, 0.4) is 0 Å². The van der Waals surface area contributed by atoms with Gasteiger partial charge in [-0.05, 0) is 18.8 Å². The molecule has 0 radical (unpaired) electrons. The van der Waals surface area contributed by atoms with Gasteiger partial charge in [-0.1, -0.05) is 26.7 Å². The fourth-order valence-electron chi connectivity index (χ4n) is 2.27. The lowest BCUT2D eigenvalue weighted by molar-refractivity contribution is -0.147. The van der Waals surface area contributed by atoms with Crippen molar-refractivity contribution in [2.24, 2.45) is 11.3 Å². The zero-order chi connectivity index (χ0) is 13.8. The summed E-state index contributed by atoms with van der Waals surface area (Å²) in [5, 5.41) is 11.9. The number of nitriles is 1. The van der Waals surface area contributed by atoms with E-state index in [0.29, 0.717) is 12.8 Å². The highest BCUT2D eigenvalue weighted by atomic mass is 16.5. The molecule has 0 spiro atoms. The number of carbonyl (C=O) groups is 2. The van der Waals surface area contributed by atoms with Crippen LogP contribution in [0.5, 0.6) is 0 Å². The van der Waals surface area contributed by atoms with Gasteiger partial charge in [-0.25, -0.2) is 4.79 Å². The number of rotatable bonds is 4. The van der Waals surface area contributed by atoms with Crippen LogP contribution in [0.4, 0.5) is 0 Å². The second kappa shape index (κ2) is 5.85. The first-order valence-electron chi connectivity index (χ1n) is 6.27. The third kappa shape index (κ3) is 2.81. The molecule has 1 atom stereocenters. The van der Waals surface area contributed by atoms with Crippen LogP contribution in [-0.2, 0) is 14.3 Å². The van der Waals surface area contributed by atoms with Crippen LogP contribution in [0.25, 0.3) is 0 Å². The molecule has 1 N–H and O–H groups in total. The van der Waals surface area contributed by atoms with Gasteiger partial charge in [0.15, 0.2) is 0 Å². The van der Waals surface area contributed by atoms with Gasteiger partial charge in [0.1, 0.15) is 11.5 Å². The van der Waals surface area contributed by atoms with Crippen molar-refractivity contribution in [2.45, 2.75) is 45.6 Å². The van der Waals surface area contributed by atoms with Crippen molar-refractivity contribution in [3.8, 4) is 6.07 Å². The predicted molar refractivity (Wildman–Crippen MR) is 65.3 cm³/mol. The molecule has 0 aromatic carbocycles. The second-order valence-electron chi connectivity index (χ2n) is 5.12. The predicted octanol–water partition coefficient (Wildman–Crippen LogP) is 1.38. The number of nitrogens with zero attached hydrogens (tertiary/aromatic N) is 1. The molecule has 5 heteroatoms. The monoisotopic (exact) mass is 252 g/mol. The van der Waals surface area contributed by atoms with E-state index >= 15 is 0 Å². The van der Waals surface area contributed by atoms with Crippen LogP contribution in [0.2, 0.25) is 0 Å². The molecule has 1 aliphatic rings. The molecule has 1 unspecified atom stereocenters. The van der Waals surface area contributed by atoms with Gasteiger partial charge in [-0.3, -0.25) is 4.79 Å². The van der Waals surface area contributed by atoms with Gasteiger partial charge in [0.2, 0.25) is 5.91 Å². The number of carbonyl (C=O) groups excluding carboxylic acids is 2. The molecule has 1 amide bonds. The van der Waals surface area contributed by atoms with Gasteiger partial charge in [0.25, 0.3) is 0 Å². The molecule has 1 fully saturated rings. The van der Waals surface area contributed by atoms with Gasteiger partial charge in [-0.15, -0.1) is 0 Å². The summed E-state index contributed by atoms with van der Waals surface area (Å²) in [6.45, 7) is 3.66. The summed E-state index contributed by atoms with van der Waals surface area (Å²) < 4.78 is 4.67. The number of methoxy groups -OCH3 is 1. The molecule has 1 saturated carbocycles. The van der Waals surface area contributed by atoms with Gasteiger partial charge >= 0.3 is 5.97 Å². The summed E-state index contributed by atoms with van der Waals surface area (Å²) in [4.78, 5) is 23.8. The third-order valence-corrected chi connectivity index (χ3v) is 3.51. The SMILES string of the molecule is COC(=O)C(NC(=O)C1(C#N)CCCC1)C(C)C. The van der Waals surface area contributed by atoms with Crippen molar-refractivity contribution in [1.82, 2.24) is 5.32 Å². The molecule has 18 heavy (non-hydrogen) atoms. The maximum absolute atomic E-state index is 12.2. The van der Waals surface area contributed by atoms with Crippen LogP contribution >= 0.6 is 0 Å². The van der Waals surface area contributed by atoms with E-state index in [1.54, 1.807) is 0 Å². The van der Waals surface area contributed by atoms with Gasteiger partial charge in [0.05, 0.1) is 13.2 Å². The highest BCUT2D eigenvalue weighted by Gasteiger charge is 2.43. The van der Waals surface area contributed by atoms with E-state index < -0.39 is 17.4 Å². The summed E-state index contributed by atoms with van der Waals surface area (Å²) in [5.41, 5.74) is -0.957. The Balaban J connectivity index is 2.78. The van der Waals surface area contributed by atoms with Crippen molar-refractivity contribution < 1.29 is 14.3 Å². The van der Waals surface area contributed by atoms with E-state index in [2.05, 4.69) is 16.1 Å². The Bertz CT molecular complexity index is 365. The summed E-state index contributed by atoms with van der Waals surface area (Å²) in [7, 11) is 1.29. The van der Waals surface area contributed by atoms with E-state index in [0.717, 1.165) is 12.8 Å². The van der Waals surface area contributed by atoms with Crippen LogP contribution < -0.4 is 5.32 Å². The van der Waals surface area contributed by atoms with Crippen LogP contribution in [0, 0.1) is 22.7 Å². The molecule has 5 nitrogen and oxygen atoms in total. The van der Waals surface area contributed by atoms with E-state index in [4.69, 9.17) is 0 Å². The molecule has 0 aromatic heterocycles. The topological polar surface area (TPSA) is 79.2 Å². The van der Waals surface area contributed by atoms with E-state index in [-0.39, 0.29) is 11.8 Å². The molecular formula is C13H20N2O3. The lowest BCUT2D eigenvalue weighted by Crippen LogP contribution is -2.50. The maximum atomic E-state index is 12.2. The largest absolute Gasteiger partial charge is 0.467 e. The lowest BCUT2D eigenvalue weighted by atomic mass is 9.86. The van der Waals surface area contributed by atoms with Gasteiger partial charge in [-0.2, -0.15) is 5.26 Å². The second-order valence-corrected chi connectivity index (χ2v) is 5.12. The van der Waals surface area contributed by atoms with Gasteiger partial charge in [0, 0.05) is 0 Å². The Labute approximate surface area is 107 Å². The summed E-state index contributed by atoms with van der Waals surface area (Å²) in [5.74, 6) is -0.880. The van der Waals surface area contributed by atoms with E-state index in [9.17, 15) is 14.9 Å². The summed E-state index contributed by atoms with van der Waals surface area (Å²) in [6, 6.07) is 1.43. The Morgan fingerprint density at radius 1 is 1.33 bits per heavy atom. The number of ether oxygens (including phenoxy) is 1. The third-order valence-electron chi connectivity index (χ3n) is 3.51. The number of hydrogen-bond donors (Lipinski definition) is 1. The molecule has 0 aliphatic heterocycles. The van der Waals surface area contributed by atoms with Crippen molar-refractivity contribution in [1.29, 1.82) is 5.26 Å². The minimum Gasteiger partial charge on any atom is -0.467 e. The maximum Gasteiger partial charge on any atom is 0.328 e. The summed E-state index contributed by atoms with van der Waals surface area (Å²) >= 11 is 0. The highest BCUT2D eigenvalue weighted by Crippen LogP contribution is 2.37. The number of amides is 1. The van der Waals surface area contributed by atoms with Crippen molar-refractivity contribution in [3.05, 3.63) is 0 Å². The molecule has 1 aliphatic carbocycles. The molecular weight excluding hydrogens is 232 g/mol. The standard InChI is InChI=1S/C13H20N2O3/c1-9(2)10(11(16)18-3)15-12(17)13(8-14)6-4-5-7-13/h9-10H,4-7H2,1-3H3,(H,15,17). The number of esters is 1. The van der Waals surface area contributed by atoms with Crippen LogP contribution in [0.15, 0.2) is 0 Å². The minimum atomic E-state index is -0.957. The Hall–Kier alpha value is -1.57. The van der Waals surface area contributed by atoms with Crippen molar-refractivity contribution >= 4 is 11.9 Å². The molecule has 0 aromatic rings. The van der Waals surface area contributed by atoms with Crippen LogP contribution in [-0.4, -0.2) is 25.0 Å². The van der Waals surface area contributed by atoms with Crippen molar-refractivity contribution in [2.75, 3.05) is 7.11 Å². The first-order chi connectivity index (χ1) is 8.46. The minimum absolute atomic E-state index is 0.0708. The first-order valence-corrected chi connectivity index (χ1v) is 6.27. The fraction of sp³-hybridized carbons (Fsp3) is 0.769. The molecule has 0 bridgehead atoms. The Kier molecular flexibility index (Phi) is 4.71. The van der Waals surface area contributed by atoms with Gasteiger partial charge < -0.3 is 10.1 Å². The average molecular weight is 252 g/mol. The Morgan fingerprint density at radius 3 is 2.28 bits per heavy atom. The Morgan fingerprint density at radius 2 is 1.89 bits per heavy atom. The van der Waals surface area contributed by atoms with Crippen molar-refractivity contribution in [3.63, 3.8) is 0 Å². The zero-order valence-electron chi connectivity index (χ0n) is 11.2. The fourth-order valence-corrected chi connectivity index (χ4v) is 2.27. The zero-order valence-corrected chi connectivity index (χ0v) is 11.2. The quantitative estimate of drug-likeness (QED) is 0.767. The number of hydrogen-bond acceptors (Lipinski definition) is 4. The van der Waals surface area contributed by atoms with E-state index in [1.807, 2.05) is 13.8 Å². The average Bonchev–Trinajstić information content (AvgIpc) is 2.84.